The van der Waals surface area contributed by atoms with Gasteiger partial charge in [0.2, 0.25) is 11.7 Å². The second kappa shape index (κ2) is 13.2. The molecule has 3 aromatic heterocycles. The van der Waals surface area contributed by atoms with E-state index in [9.17, 15) is 22.4 Å². The largest absolute Gasteiger partial charge is 0.466 e. The number of H-pyrrole nitrogens is 1. The number of carbonyl (C=O) groups is 2. The van der Waals surface area contributed by atoms with Crippen molar-refractivity contribution in [2.75, 3.05) is 42.9 Å². The van der Waals surface area contributed by atoms with E-state index in [0.717, 1.165) is 29.3 Å². The number of aromatic amines is 1. The molecule has 0 amide bonds. The van der Waals surface area contributed by atoms with Crippen molar-refractivity contribution in [2.45, 2.75) is 33.1 Å². The Morgan fingerprint density at radius 1 is 1.09 bits per heavy atom. The molecule has 15 heteroatoms. The summed E-state index contributed by atoms with van der Waals surface area (Å²) < 4.78 is 63.2. The number of halogens is 2. The number of hydrogen-bond acceptors (Lipinski definition) is 9. The molecule has 2 N–H and O–H groups in total. The number of aromatic nitrogens is 4. The summed E-state index contributed by atoms with van der Waals surface area (Å²) >= 11 is 0. The van der Waals surface area contributed by atoms with Crippen molar-refractivity contribution in [2.24, 2.45) is 5.92 Å². The molecule has 0 atom stereocenters. The van der Waals surface area contributed by atoms with Crippen molar-refractivity contribution in [3.8, 4) is 11.1 Å². The summed E-state index contributed by atoms with van der Waals surface area (Å²) in [7, 11) is -2.83. The van der Waals surface area contributed by atoms with Crippen LogP contribution in [0.25, 0.3) is 22.2 Å². The van der Waals surface area contributed by atoms with E-state index in [-0.39, 0.29) is 24.0 Å². The van der Waals surface area contributed by atoms with E-state index in [0.29, 0.717) is 54.2 Å². The van der Waals surface area contributed by atoms with Crippen molar-refractivity contribution >= 4 is 44.6 Å². The van der Waals surface area contributed by atoms with Crippen LogP contribution in [0.1, 0.15) is 49.0 Å². The zero-order valence-electron chi connectivity index (χ0n) is 25.0. The second-order valence-corrected chi connectivity index (χ2v) is 12.4. The molecule has 0 spiro atoms. The second-order valence-electron chi connectivity index (χ2n) is 10.7. The fraction of sp³-hybridized carbons (Fsp3) is 0.367. The quantitative estimate of drug-likeness (QED) is 0.180. The SMILES string of the molecule is CCOC(=O)CC1CCN(c2ncc(-c3cnc4[nH]cc(C(=O)c5c(F)ccc(NS(=O)(=O)N(C)CC)c5F)c4c3)cn2)CC1. The minimum Gasteiger partial charge on any atom is -0.466 e. The number of nitrogens with one attached hydrogen (secondary N) is 2. The van der Waals surface area contributed by atoms with Crippen molar-refractivity contribution in [1.82, 2.24) is 24.2 Å². The highest BCUT2D eigenvalue weighted by molar-refractivity contribution is 7.90. The Bertz CT molecular complexity index is 1820. The Balaban J connectivity index is 1.36. The van der Waals surface area contributed by atoms with Crippen LogP contribution in [0.3, 0.4) is 0 Å². The number of ether oxygens (including phenoxy) is 1. The number of piperidine rings is 1. The number of benzene rings is 1. The molecule has 1 fully saturated rings. The molecular formula is C30H33F2N7O5S. The Morgan fingerprint density at radius 3 is 2.44 bits per heavy atom. The van der Waals surface area contributed by atoms with Gasteiger partial charge in [0.15, 0.2) is 5.82 Å². The molecule has 1 aromatic carbocycles. The fourth-order valence-electron chi connectivity index (χ4n) is 5.14. The molecule has 4 heterocycles. The van der Waals surface area contributed by atoms with E-state index >= 15 is 4.39 Å². The Hall–Kier alpha value is -4.50. The van der Waals surface area contributed by atoms with Crippen LogP contribution >= 0.6 is 0 Å². The smallest absolute Gasteiger partial charge is 0.306 e. The van der Waals surface area contributed by atoms with Crippen LogP contribution in [0.5, 0.6) is 0 Å². The first kappa shape index (κ1) is 31.9. The predicted molar refractivity (Wildman–Crippen MR) is 164 cm³/mol. The lowest BCUT2D eigenvalue weighted by Crippen LogP contribution is -2.35. The zero-order chi connectivity index (χ0) is 32.3. The predicted octanol–water partition coefficient (Wildman–Crippen LogP) is 4.31. The lowest BCUT2D eigenvalue weighted by atomic mass is 9.94. The number of fused-ring (bicyclic) bond motifs is 1. The van der Waals surface area contributed by atoms with Crippen LogP contribution in [0, 0.1) is 17.6 Å². The molecule has 0 unspecified atom stereocenters. The topological polar surface area (TPSA) is 150 Å². The maximum atomic E-state index is 15.4. The van der Waals surface area contributed by atoms with Crippen molar-refractivity contribution in [3.63, 3.8) is 0 Å². The monoisotopic (exact) mass is 641 g/mol. The number of pyridine rings is 1. The average molecular weight is 642 g/mol. The maximum Gasteiger partial charge on any atom is 0.306 e. The third kappa shape index (κ3) is 6.78. The van der Waals surface area contributed by atoms with Gasteiger partial charge in [-0.15, -0.1) is 0 Å². The van der Waals surface area contributed by atoms with Crippen LogP contribution in [0.4, 0.5) is 20.4 Å². The summed E-state index contributed by atoms with van der Waals surface area (Å²) in [5.74, 6) is -2.84. The number of anilines is 2. The van der Waals surface area contributed by atoms with Gasteiger partial charge in [-0.3, -0.25) is 14.3 Å². The molecule has 12 nitrogen and oxygen atoms in total. The first-order valence-electron chi connectivity index (χ1n) is 14.5. The number of hydrogen-bond donors (Lipinski definition) is 2. The molecule has 0 radical (unpaired) electrons. The van der Waals surface area contributed by atoms with Crippen LogP contribution in [0.2, 0.25) is 0 Å². The van der Waals surface area contributed by atoms with Crippen LogP contribution in [-0.2, 0) is 19.7 Å². The summed E-state index contributed by atoms with van der Waals surface area (Å²) in [4.78, 5) is 43.6. The van der Waals surface area contributed by atoms with Gasteiger partial charge in [-0.25, -0.2) is 23.7 Å². The van der Waals surface area contributed by atoms with E-state index in [1.165, 1.54) is 13.2 Å². The third-order valence-corrected chi connectivity index (χ3v) is 9.37. The Labute approximate surface area is 259 Å². The van der Waals surface area contributed by atoms with Crippen LogP contribution in [0.15, 0.2) is 43.0 Å². The standard InChI is InChI=1S/C30H33F2N7O5S/c1-4-38(3)45(42,43)37-24-7-6-23(31)26(27(24)32)28(41)22-17-34-29-21(22)13-19(14-33-29)20-15-35-30(36-16-20)39-10-8-18(9-11-39)12-25(40)44-5-2/h6-7,13-18,37H,4-5,8-12H2,1-3H3,(H,33,34). The van der Waals surface area contributed by atoms with E-state index in [2.05, 4.69) is 24.7 Å². The highest BCUT2D eigenvalue weighted by Crippen LogP contribution is 2.30. The highest BCUT2D eigenvalue weighted by atomic mass is 32.2. The Kier molecular flexibility index (Phi) is 9.39. The van der Waals surface area contributed by atoms with Crippen LogP contribution in [-0.4, -0.2) is 77.7 Å². The minimum atomic E-state index is -4.12. The summed E-state index contributed by atoms with van der Waals surface area (Å²) in [5.41, 5.74) is -0.0168. The first-order chi connectivity index (χ1) is 21.5. The number of nitrogens with zero attached hydrogens (tertiary/aromatic N) is 5. The molecule has 5 rings (SSSR count). The summed E-state index contributed by atoms with van der Waals surface area (Å²) in [6, 6.07) is 3.40. The van der Waals surface area contributed by atoms with E-state index in [4.69, 9.17) is 4.74 Å². The van der Waals surface area contributed by atoms with Gasteiger partial charge in [0, 0.05) is 80.0 Å². The van der Waals surface area contributed by atoms with Gasteiger partial charge in [-0.2, -0.15) is 12.7 Å². The molecule has 1 aliphatic heterocycles. The number of rotatable bonds is 11. The first-order valence-corrected chi connectivity index (χ1v) is 15.9. The molecule has 238 valence electrons. The summed E-state index contributed by atoms with van der Waals surface area (Å²) in [6.45, 7) is 5.28. The van der Waals surface area contributed by atoms with Crippen LogP contribution < -0.4 is 9.62 Å². The van der Waals surface area contributed by atoms with Gasteiger partial charge < -0.3 is 14.6 Å². The zero-order valence-corrected chi connectivity index (χ0v) is 25.8. The van der Waals surface area contributed by atoms with Gasteiger partial charge in [0.25, 0.3) is 0 Å². The summed E-state index contributed by atoms with van der Waals surface area (Å²) in [6.07, 6.45) is 8.17. The van der Waals surface area contributed by atoms with Crippen molar-refractivity contribution in [3.05, 3.63) is 65.7 Å². The van der Waals surface area contributed by atoms with Gasteiger partial charge in [-0.1, -0.05) is 6.92 Å². The van der Waals surface area contributed by atoms with E-state index < -0.39 is 38.9 Å². The third-order valence-electron chi connectivity index (χ3n) is 7.82. The molecule has 4 aromatic rings. The molecule has 1 aliphatic rings. The lowest BCUT2D eigenvalue weighted by molar-refractivity contribution is -0.144. The maximum absolute atomic E-state index is 15.4. The number of esters is 1. The highest BCUT2D eigenvalue weighted by Gasteiger charge is 2.27. The van der Waals surface area contributed by atoms with Gasteiger partial charge >= 0.3 is 16.2 Å². The fourth-order valence-corrected chi connectivity index (χ4v) is 6.07. The number of carbonyl (C=O) groups excluding carboxylic acids is 2. The molecule has 1 saturated heterocycles. The van der Waals surface area contributed by atoms with Gasteiger partial charge in [-0.05, 0) is 43.9 Å². The van der Waals surface area contributed by atoms with E-state index in [1.54, 1.807) is 38.5 Å². The lowest BCUT2D eigenvalue weighted by Gasteiger charge is -2.31. The van der Waals surface area contributed by atoms with Crippen molar-refractivity contribution < 1.29 is 31.5 Å². The van der Waals surface area contributed by atoms with Gasteiger partial charge in [0.05, 0.1) is 17.9 Å². The van der Waals surface area contributed by atoms with E-state index in [1.807, 2.05) is 4.90 Å². The average Bonchev–Trinajstić information content (AvgIpc) is 3.46. The summed E-state index contributed by atoms with van der Waals surface area (Å²) in [5, 5.41) is 0.306. The number of ketones is 1. The normalized spacial score (nSPS) is 14.2. The van der Waals surface area contributed by atoms with Gasteiger partial charge in [0.1, 0.15) is 11.5 Å². The molecular weight excluding hydrogens is 608 g/mol. The van der Waals surface area contributed by atoms with Crippen molar-refractivity contribution in [1.29, 1.82) is 0 Å². The molecule has 0 aliphatic carbocycles. The molecule has 0 saturated carbocycles. The Morgan fingerprint density at radius 2 is 1.78 bits per heavy atom. The molecule has 45 heavy (non-hydrogen) atoms. The molecule has 0 bridgehead atoms. The minimum absolute atomic E-state index is 0.0499.